The van der Waals surface area contributed by atoms with Crippen molar-refractivity contribution in [2.45, 2.75) is 59.3 Å². The Morgan fingerprint density at radius 1 is 0.667 bits per heavy atom. The Labute approximate surface area is 121 Å². The maximum Gasteiger partial charge on any atom is 0 e. The van der Waals surface area contributed by atoms with Gasteiger partial charge in [-0.3, -0.25) is 0 Å². The molecule has 0 heterocycles. The Kier molecular flexibility index (Phi) is 26.1. The zero-order valence-electron chi connectivity index (χ0n) is 10.5. The molecule has 0 unspecified atom stereocenters. The fourth-order valence-corrected chi connectivity index (χ4v) is 4.44. The summed E-state index contributed by atoms with van der Waals surface area (Å²) >= 11 is 0. The number of unbranched alkanes of at least 4 members (excludes halogenated alkanes) is 3. The molecule has 3 heteroatoms. The summed E-state index contributed by atoms with van der Waals surface area (Å²) in [6, 6.07) is 0. The summed E-state index contributed by atoms with van der Waals surface area (Å²) in [6.07, 6.45) is 13.2. The fraction of sp³-hybridized carbons (Fsp3) is 1.00. The predicted molar refractivity (Wildman–Crippen MR) is 66.2 cm³/mol. The summed E-state index contributed by atoms with van der Waals surface area (Å²) in [6.45, 7) is 6.94. The molecule has 98 valence electrons. The van der Waals surface area contributed by atoms with Gasteiger partial charge in [-0.05, 0) is 37.7 Å². The van der Waals surface area contributed by atoms with Crippen LogP contribution in [0.2, 0.25) is 0 Å². The van der Waals surface area contributed by atoms with Gasteiger partial charge < -0.3 is 0 Å². The summed E-state index contributed by atoms with van der Waals surface area (Å²) in [5.41, 5.74) is 0. The minimum absolute atomic E-state index is 0. The molecule has 0 spiro atoms. The van der Waals surface area contributed by atoms with E-state index < -0.39 is 0 Å². The Bertz CT molecular complexity index is 82.6. The first-order valence-electron chi connectivity index (χ1n) is 6.07. The Morgan fingerprint density at radius 3 is 1.13 bits per heavy atom. The van der Waals surface area contributed by atoms with Gasteiger partial charge in [0.1, 0.15) is 0 Å². The molecular weight excluding hydrogens is 337 g/mol. The molecule has 0 aromatic heterocycles. The molecule has 0 nitrogen and oxygen atoms in total. The molecule has 0 aromatic carbocycles. The summed E-state index contributed by atoms with van der Waals surface area (Å²) < 4.78 is 0. The van der Waals surface area contributed by atoms with Gasteiger partial charge in [0.05, 0.1) is 0 Å². The molecule has 0 aliphatic rings. The summed E-state index contributed by atoms with van der Waals surface area (Å²) in [5, 5.41) is 0. The zero-order valence-corrected chi connectivity index (χ0v) is 14.1. The maximum absolute atomic E-state index is 2.31. The van der Waals surface area contributed by atoms with E-state index in [1.54, 1.807) is 18.5 Å². The maximum atomic E-state index is 2.31. The Morgan fingerprint density at radius 2 is 0.933 bits per heavy atom. The third-order valence-electron chi connectivity index (χ3n) is 2.48. The molecule has 2 radical (unpaired) electrons. The van der Waals surface area contributed by atoms with Crippen molar-refractivity contribution in [3.63, 3.8) is 0 Å². The summed E-state index contributed by atoms with van der Waals surface area (Å²) in [4.78, 5) is 0. The van der Waals surface area contributed by atoms with Crippen molar-refractivity contribution in [2.24, 2.45) is 0 Å². The second-order valence-electron chi connectivity index (χ2n) is 3.90. The molecule has 0 saturated carbocycles. The van der Waals surface area contributed by atoms with E-state index in [1.807, 2.05) is 0 Å². The van der Waals surface area contributed by atoms with E-state index in [0.29, 0.717) is 7.92 Å². The van der Waals surface area contributed by atoms with Crippen LogP contribution in [0.4, 0.5) is 0 Å². The van der Waals surface area contributed by atoms with Crippen LogP contribution in [-0.2, 0) is 36.3 Å². The van der Waals surface area contributed by atoms with Crippen molar-refractivity contribution < 1.29 is 36.3 Å². The van der Waals surface area contributed by atoms with Gasteiger partial charge in [-0.1, -0.05) is 40.0 Å². The molecule has 0 rings (SSSR count). The van der Waals surface area contributed by atoms with Crippen molar-refractivity contribution in [3.05, 3.63) is 0 Å². The number of hydrogen-bond acceptors (Lipinski definition) is 0. The van der Waals surface area contributed by atoms with Crippen LogP contribution in [-0.4, -0.2) is 18.5 Å². The molecule has 0 aliphatic carbocycles. The predicted octanol–water partition coefficient (Wildman–Crippen LogP) is 4.86. The molecule has 0 amide bonds. The first-order valence-corrected chi connectivity index (χ1v) is 7.97. The van der Waals surface area contributed by atoms with E-state index in [4.69, 9.17) is 0 Å². The molecule has 0 atom stereocenters. The smallest absolute Gasteiger partial charge is 0 e. The van der Waals surface area contributed by atoms with Crippen LogP contribution in [0, 0.1) is 0 Å². The van der Waals surface area contributed by atoms with Gasteiger partial charge in [0.2, 0.25) is 0 Å². The Hall–Kier alpha value is 1.56. The van der Waals surface area contributed by atoms with Crippen molar-refractivity contribution in [1.82, 2.24) is 0 Å². The van der Waals surface area contributed by atoms with Crippen LogP contribution < -0.4 is 0 Å². The van der Waals surface area contributed by atoms with E-state index in [1.165, 1.54) is 38.5 Å². The van der Waals surface area contributed by atoms with Crippen molar-refractivity contribution in [3.8, 4) is 0 Å². The molecule has 0 aromatic rings. The van der Waals surface area contributed by atoms with Crippen LogP contribution in [0.5, 0.6) is 0 Å². The van der Waals surface area contributed by atoms with Gasteiger partial charge in [0.15, 0.2) is 0 Å². The van der Waals surface area contributed by atoms with E-state index in [9.17, 15) is 0 Å². The SMILES string of the molecule is CCCCP(CCCC)CCCC.[Co].[Rh]. The summed E-state index contributed by atoms with van der Waals surface area (Å²) in [7, 11) is 0.422. The van der Waals surface area contributed by atoms with Crippen LogP contribution in [0.1, 0.15) is 59.3 Å². The molecule has 0 bridgehead atoms. The van der Waals surface area contributed by atoms with Gasteiger partial charge in [-0.25, -0.2) is 0 Å². The van der Waals surface area contributed by atoms with Crippen LogP contribution in [0.3, 0.4) is 0 Å². The van der Waals surface area contributed by atoms with E-state index in [0.717, 1.165) is 0 Å². The first kappa shape index (κ1) is 21.8. The topological polar surface area (TPSA) is 0 Å². The van der Waals surface area contributed by atoms with Gasteiger partial charge >= 0.3 is 0 Å². The average Bonchev–Trinajstić information content (AvgIpc) is 2.17. The zero-order chi connectivity index (χ0) is 9.94. The van der Waals surface area contributed by atoms with Gasteiger partial charge in [-0.15, -0.1) is 7.92 Å². The second-order valence-corrected chi connectivity index (χ2v) is 6.59. The van der Waals surface area contributed by atoms with Gasteiger partial charge in [-0.2, -0.15) is 0 Å². The standard InChI is InChI=1S/C12H27P.Co.Rh/c1-4-7-10-13(11-8-5-2)12-9-6-3;;/h4-12H2,1-3H3;;. The largest absolute Gasteiger partial charge is 0.107 e. The molecular formula is C12H27CoPRh. The molecule has 0 aliphatic heterocycles. The number of hydrogen-bond donors (Lipinski definition) is 0. The van der Waals surface area contributed by atoms with Crippen molar-refractivity contribution in [2.75, 3.05) is 18.5 Å². The molecule has 0 N–H and O–H groups in total. The van der Waals surface area contributed by atoms with Gasteiger partial charge in [0.25, 0.3) is 0 Å². The average molecular weight is 364 g/mol. The third-order valence-corrected chi connectivity index (χ3v) is 5.33. The minimum Gasteiger partial charge on any atom is -0.107 e. The second kappa shape index (κ2) is 17.9. The monoisotopic (exact) mass is 364 g/mol. The first-order chi connectivity index (χ1) is 6.35. The van der Waals surface area contributed by atoms with Crippen molar-refractivity contribution >= 4 is 7.92 Å². The fourth-order valence-electron chi connectivity index (χ4n) is 1.48. The molecule has 0 saturated heterocycles. The Balaban J connectivity index is -0.000000720. The van der Waals surface area contributed by atoms with Crippen LogP contribution in [0.25, 0.3) is 0 Å². The van der Waals surface area contributed by atoms with E-state index in [-0.39, 0.29) is 36.3 Å². The van der Waals surface area contributed by atoms with E-state index in [2.05, 4.69) is 20.8 Å². The normalized spacial score (nSPS) is 9.60. The molecule has 0 fully saturated rings. The minimum atomic E-state index is 0. The number of rotatable bonds is 9. The van der Waals surface area contributed by atoms with Gasteiger partial charge in [0, 0.05) is 36.3 Å². The third kappa shape index (κ3) is 15.6. The summed E-state index contributed by atoms with van der Waals surface area (Å²) in [5.74, 6) is 0. The van der Waals surface area contributed by atoms with Crippen LogP contribution >= 0.6 is 7.92 Å². The van der Waals surface area contributed by atoms with E-state index >= 15 is 0 Å². The van der Waals surface area contributed by atoms with Crippen molar-refractivity contribution in [1.29, 1.82) is 0 Å². The molecule has 15 heavy (non-hydrogen) atoms. The van der Waals surface area contributed by atoms with Crippen LogP contribution in [0.15, 0.2) is 0 Å². The quantitative estimate of drug-likeness (QED) is 0.405.